The molecule has 14 N–H and O–H groups in total. The molecule has 0 spiro atoms. The van der Waals surface area contributed by atoms with Gasteiger partial charge in [0, 0.05) is 20.8 Å². The van der Waals surface area contributed by atoms with E-state index in [2.05, 4.69) is 16.0 Å². The number of carbonyl (C=O) groups excluding carboxylic acids is 3. The third-order valence-electron chi connectivity index (χ3n) is 9.50. The summed E-state index contributed by atoms with van der Waals surface area (Å²) < 4.78 is 40.3. The van der Waals surface area contributed by atoms with Crippen LogP contribution in [0.5, 0.6) is 0 Å². The first kappa shape index (κ1) is 44.4. The van der Waals surface area contributed by atoms with Gasteiger partial charge in [-0.3, -0.25) is 14.4 Å². The minimum absolute atomic E-state index is 0.683. The highest BCUT2D eigenvalue weighted by atomic mass is 16.8. The first-order chi connectivity index (χ1) is 25.5. The first-order valence-corrected chi connectivity index (χ1v) is 17.0. The van der Waals surface area contributed by atoms with Gasteiger partial charge in [0.2, 0.25) is 23.5 Å². The zero-order valence-electron chi connectivity index (χ0n) is 29.4. The summed E-state index contributed by atoms with van der Waals surface area (Å²) in [5.74, 6) is -4.65. The van der Waals surface area contributed by atoms with E-state index in [1.165, 1.54) is 0 Å². The third-order valence-corrected chi connectivity index (χ3v) is 9.50. The lowest BCUT2D eigenvalue weighted by molar-refractivity contribution is -0.383. The molecule has 0 aliphatic carbocycles. The highest BCUT2D eigenvalue weighted by molar-refractivity contribution is 5.74. The lowest BCUT2D eigenvalue weighted by atomic mass is 9.93. The Morgan fingerprint density at radius 2 is 0.926 bits per heavy atom. The molecule has 0 unspecified atom stereocenters. The summed E-state index contributed by atoms with van der Waals surface area (Å²) in [6.07, 6.45) is -25.6. The van der Waals surface area contributed by atoms with Gasteiger partial charge in [-0.15, -0.1) is 0 Å². The molecule has 24 nitrogen and oxygen atoms in total. The molecule has 24 heteroatoms. The first-order valence-electron chi connectivity index (χ1n) is 17.0. The molecule has 0 aromatic carbocycles. The number of ether oxygens (including phenoxy) is 7. The summed E-state index contributed by atoms with van der Waals surface area (Å²) >= 11 is 0. The van der Waals surface area contributed by atoms with E-state index in [1.807, 2.05) is 0 Å². The van der Waals surface area contributed by atoms with Crippen molar-refractivity contribution in [3.8, 4) is 0 Å². The topological polar surface area (TPSA) is 374 Å². The quantitative estimate of drug-likeness (QED) is 0.0777. The lowest BCUT2D eigenvalue weighted by Crippen LogP contribution is -2.71. The number of nitrogens with one attached hydrogen (secondary N) is 3. The van der Waals surface area contributed by atoms with Crippen molar-refractivity contribution in [2.45, 2.75) is 137 Å². The minimum atomic E-state index is -2.45. The SMILES string of the molecule is CC(=O)N[C@@H]1[C@@H](O[C@H]2[C@H](O)[C@@H](NC(C)=O)[C@@H](O[C@]3(CO)O[C@H](CO)[C@@H](O)[C@@H]3O)O[C@@H]2CO)O[C@@H](CO)[C@H](O[C@@H]2O[C@H](CO)[C@@H](O)[C@H](O)[C@H]2NC(C)=O)[C@H]1O. The molecule has 0 radical (unpaired) electrons. The van der Waals surface area contributed by atoms with Crippen LogP contribution >= 0.6 is 0 Å². The number of rotatable bonds is 14. The minimum Gasteiger partial charge on any atom is -0.394 e. The van der Waals surface area contributed by atoms with Crippen molar-refractivity contribution >= 4 is 17.7 Å². The van der Waals surface area contributed by atoms with Gasteiger partial charge in [0.05, 0.1) is 26.4 Å². The van der Waals surface area contributed by atoms with Crippen molar-refractivity contribution in [3.63, 3.8) is 0 Å². The normalized spacial score (nSPS) is 45.4. The van der Waals surface area contributed by atoms with E-state index in [4.69, 9.17) is 33.2 Å². The molecule has 312 valence electrons. The average Bonchev–Trinajstić information content (AvgIpc) is 3.37. The molecule has 4 aliphatic rings. The van der Waals surface area contributed by atoms with Crippen LogP contribution in [0, 0.1) is 0 Å². The summed E-state index contributed by atoms with van der Waals surface area (Å²) in [5.41, 5.74) is 0. The number of hydrogen-bond acceptors (Lipinski definition) is 21. The van der Waals surface area contributed by atoms with Crippen molar-refractivity contribution < 1.29 is 104 Å². The van der Waals surface area contributed by atoms with Gasteiger partial charge in [-0.1, -0.05) is 0 Å². The van der Waals surface area contributed by atoms with Crippen molar-refractivity contribution in [1.82, 2.24) is 16.0 Å². The average molecular weight is 790 g/mol. The maximum absolute atomic E-state index is 12.3. The Morgan fingerprint density at radius 3 is 1.31 bits per heavy atom. The Kier molecular flexibility index (Phi) is 15.4. The fourth-order valence-corrected chi connectivity index (χ4v) is 6.83. The number of aliphatic hydroxyl groups excluding tert-OH is 11. The second kappa shape index (κ2) is 18.8. The van der Waals surface area contributed by atoms with Crippen LogP contribution in [0.4, 0.5) is 0 Å². The smallest absolute Gasteiger partial charge is 0.224 e. The summed E-state index contributed by atoms with van der Waals surface area (Å²) in [7, 11) is 0. The fraction of sp³-hybridized carbons (Fsp3) is 0.900. The van der Waals surface area contributed by atoms with Crippen molar-refractivity contribution in [2.24, 2.45) is 0 Å². The van der Waals surface area contributed by atoms with Gasteiger partial charge in [-0.25, -0.2) is 0 Å². The zero-order valence-corrected chi connectivity index (χ0v) is 29.4. The molecule has 4 fully saturated rings. The van der Waals surface area contributed by atoms with E-state index in [0.717, 1.165) is 20.8 Å². The van der Waals surface area contributed by atoms with Gasteiger partial charge in [-0.05, 0) is 0 Å². The molecule has 0 bridgehead atoms. The van der Waals surface area contributed by atoms with Gasteiger partial charge in [0.15, 0.2) is 18.9 Å². The molecular formula is C30H51N3O21. The van der Waals surface area contributed by atoms with Crippen LogP contribution < -0.4 is 16.0 Å². The van der Waals surface area contributed by atoms with Crippen LogP contribution in [0.1, 0.15) is 20.8 Å². The van der Waals surface area contributed by atoms with E-state index < -0.39 is 167 Å². The van der Waals surface area contributed by atoms with E-state index in [1.54, 1.807) is 0 Å². The molecule has 4 aliphatic heterocycles. The number of aliphatic hydroxyl groups is 11. The highest BCUT2D eigenvalue weighted by Crippen LogP contribution is 2.38. The van der Waals surface area contributed by atoms with Crippen LogP contribution in [-0.4, -0.2) is 223 Å². The maximum atomic E-state index is 12.3. The van der Waals surface area contributed by atoms with Crippen molar-refractivity contribution in [2.75, 3.05) is 33.0 Å². The van der Waals surface area contributed by atoms with E-state index in [-0.39, 0.29) is 0 Å². The summed E-state index contributed by atoms with van der Waals surface area (Å²) in [6.45, 7) is -1.36. The molecule has 0 aromatic heterocycles. The highest BCUT2D eigenvalue weighted by Gasteiger charge is 2.60. The summed E-state index contributed by atoms with van der Waals surface area (Å²) in [5, 5.41) is 122. The van der Waals surface area contributed by atoms with Gasteiger partial charge in [-0.2, -0.15) is 0 Å². The molecular weight excluding hydrogens is 738 g/mol. The maximum Gasteiger partial charge on any atom is 0.224 e. The second-order valence-corrected chi connectivity index (χ2v) is 13.4. The summed E-state index contributed by atoms with van der Waals surface area (Å²) in [4.78, 5) is 36.5. The molecule has 0 aromatic rings. The molecule has 19 atom stereocenters. The number of hydrogen-bond donors (Lipinski definition) is 14. The lowest BCUT2D eigenvalue weighted by Gasteiger charge is -2.50. The van der Waals surface area contributed by atoms with Crippen LogP contribution in [0.3, 0.4) is 0 Å². The zero-order chi connectivity index (χ0) is 40.2. The second-order valence-electron chi connectivity index (χ2n) is 13.4. The molecule has 54 heavy (non-hydrogen) atoms. The largest absolute Gasteiger partial charge is 0.394 e. The van der Waals surface area contributed by atoms with Crippen LogP contribution in [0.15, 0.2) is 0 Å². The van der Waals surface area contributed by atoms with Gasteiger partial charge in [0.25, 0.3) is 0 Å². The van der Waals surface area contributed by atoms with Gasteiger partial charge >= 0.3 is 0 Å². The summed E-state index contributed by atoms with van der Waals surface area (Å²) in [6, 6.07) is -4.73. The van der Waals surface area contributed by atoms with Crippen LogP contribution in [0.2, 0.25) is 0 Å². The predicted molar refractivity (Wildman–Crippen MR) is 169 cm³/mol. The fourth-order valence-electron chi connectivity index (χ4n) is 6.83. The Hall–Kier alpha value is -2.31. The molecule has 4 saturated heterocycles. The van der Waals surface area contributed by atoms with Gasteiger partial charge in [0.1, 0.15) is 98.0 Å². The Morgan fingerprint density at radius 1 is 0.537 bits per heavy atom. The predicted octanol–water partition coefficient (Wildman–Crippen LogP) is -9.32. The van der Waals surface area contributed by atoms with E-state index >= 15 is 0 Å². The Bertz CT molecular complexity index is 1270. The molecule has 3 amide bonds. The monoisotopic (exact) mass is 789 g/mol. The van der Waals surface area contributed by atoms with E-state index in [0.29, 0.717) is 0 Å². The van der Waals surface area contributed by atoms with Crippen LogP contribution in [0.25, 0.3) is 0 Å². The Balaban J connectivity index is 1.61. The standard InChI is InChI=1S/C30H51N3O21/c1-9(39)31-16-21(44)19(42)12(4-34)48-27(16)51-24-14(6-36)49-28(17(22(24)45)32-10(2)40)52-25-15(7-37)50-29(18(23(25)46)33-11(3)41)54-30(8-38)26(47)20(43)13(5-35)53-30/h12-29,34-38,42-47H,4-8H2,1-3H3,(H,31,39)(H,32,40)(H,33,41)/t12-,13-,14+,15-,16-,17+,18-,19-,20-,21-,22+,23-,24+,25-,26+,27+,28-,29-,30+/m1/s1. The molecule has 0 saturated carbocycles. The number of amides is 3. The van der Waals surface area contributed by atoms with Gasteiger partial charge < -0.3 is 105 Å². The molecule has 4 heterocycles. The third kappa shape index (κ3) is 9.28. The number of carbonyl (C=O) groups is 3. The van der Waals surface area contributed by atoms with Crippen molar-refractivity contribution in [3.05, 3.63) is 0 Å². The Labute approximate surface area is 307 Å². The van der Waals surface area contributed by atoms with E-state index in [9.17, 15) is 70.6 Å². The van der Waals surface area contributed by atoms with Crippen molar-refractivity contribution in [1.29, 1.82) is 0 Å². The van der Waals surface area contributed by atoms with Crippen LogP contribution in [-0.2, 0) is 47.5 Å². The molecule has 4 rings (SSSR count).